The highest BCUT2D eigenvalue weighted by atomic mass is 32.2. The van der Waals surface area contributed by atoms with E-state index >= 15 is 0 Å². The molecule has 0 saturated heterocycles. The lowest BCUT2D eigenvalue weighted by molar-refractivity contribution is -0.123. The Morgan fingerprint density at radius 3 is 0.846 bits per heavy atom. The van der Waals surface area contributed by atoms with Crippen LogP contribution in [0.1, 0.15) is 53.9 Å². The van der Waals surface area contributed by atoms with Crippen molar-refractivity contribution < 1.29 is 66.4 Å². The van der Waals surface area contributed by atoms with Gasteiger partial charge in [0.1, 0.15) is 11.6 Å². The molecule has 0 aromatic rings. The molecule has 0 rings (SSSR count). The molecule has 0 amide bonds. The van der Waals surface area contributed by atoms with Crippen molar-refractivity contribution in [3.05, 3.63) is 0 Å². The van der Waals surface area contributed by atoms with Crippen LogP contribution in [-0.4, -0.2) is 181 Å². The van der Waals surface area contributed by atoms with Crippen LogP contribution in [0.5, 0.6) is 0 Å². The van der Waals surface area contributed by atoms with E-state index in [1.165, 1.54) is 0 Å². The number of carbonyl (C=O) groups is 2. The summed E-state index contributed by atoms with van der Waals surface area (Å²) in [6.07, 6.45) is 1.76. The van der Waals surface area contributed by atoms with Gasteiger partial charge in [-0.1, -0.05) is 27.7 Å². The maximum atomic E-state index is 12.0. The van der Waals surface area contributed by atoms with Gasteiger partial charge in [0, 0.05) is 25.4 Å². The summed E-state index contributed by atoms with van der Waals surface area (Å²) in [6, 6.07) is 0. The SMILES string of the molecule is CC(C)SC(C)C(=O)CCCOCCOCCOCCOCCOCCOCCOCCOCCOCCOCCOCCOCCC(=O)C(C)C. The zero-order valence-electron chi connectivity index (χ0n) is 32.9. The number of Topliss-reactive ketones (excluding diaryl/α,β-unsaturated/α-hetero) is 2. The van der Waals surface area contributed by atoms with Crippen molar-refractivity contribution in [3.8, 4) is 0 Å². The van der Waals surface area contributed by atoms with E-state index in [-0.39, 0.29) is 17.0 Å². The molecule has 0 fully saturated rings. The molecule has 0 radical (unpaired) electrons. The molecule has 0 aliphatic rings. The molecule has 1 atom stereocenters. The van der Waals surface area contributed by atoms with Crippen LogP contribution in [0.25, 0.3) is 0 Å². The van der Waals surface area contributed by atoms with Gasteiger partial charge in [0.2, 0.25) is 0 Å². The summed E-state index contributed by atoms with van der Waals surface area (Å²) in [4.78, 5) is 23.5. The number of ketones is 2. The van der Waals surface area contributed by atoms with E-state index in [1.54, 1.807) is 11.8 Å². The van der Waals surface area contributed by atoms with Crippen molar-refractivity contribution in [3.63, 3.8) is 0 Å². The first-order valence-electron chi connectivity index (χ1n) is 19.0. The van der Waals surface area contributed by atoms with Gasteiger partial charge in [0.25, 0.3) is 0 Å². The highest BCUT2D eigenvalue weighted by Crippen LogP contribution is 2.19. The van der Waals surface area contributed by atoms with Gasteiger partial charge < -0.3 is 56.8 Å². The molecule has 15 heteroatoms. The average molecular weight is 773 g/mol. The molecule has 14 nitrogen and oxygen atoms in total. The van der Waals surface area contributed by atoms with Gasteiger partial charge in [0.05, 0.1) is 157 Å². The maximum absolute atomic E-state index is 12.0. The molecule has 0 bridgehead atoms. The molecular weight excluding hydrogens is 700 g/mol. The number of ether oxygens (including phenoxy) is 12. The topological polar surface area (TPSA) is 145 Å². The third kappa shape index (κ3) is 40.4. The van der Waals surface area contributed by atoms with Gasteiger partial charge in [-0.2, -0.15) is 0 Å². The molecule has 1 unspecified atom stereocenters. The molecule has 0 saturated carbocycles. The molecule has 0 N–H and O–H groups in total. The third-order valence-electron chi connectivity index (χ3n) is 6.87. The number of hydrogen-bond acceptors (Lipinski definition) is 15. The van der Waals surface area contributed by atoms with Crippen molar-refractivity contribution in [2.24, 2.45) is 5.92 Å². The molecule has 0 heterocycles. The summed E-state index contributed by atoms with van der Waals surface area (Å²) in [5.74, 6) is 0.565. The Kier molecular flexibility index (Phi) is 40.7. The Bertz CT molecular complexity index is 762. The summed E-state index contributed by atoms with van der Waals surface area (Å²) >= 11 is 1.71. The van der Waals surface area contributed by atoms with Crippen molar-refractivity contribution >= 4 is 23.3 Å². The number of carbonyl (C=O) groups excluding carboxylic acids is 2. The van der Waals surface area contributed by atoms with Crippen LogP contribution in [-0.2, 0) is 66.4 Å². The standard InChI is InChI=1S/C37H72O14S/c1-33(2)36(38)8-10-41-12-14-43-16-18-45-20-22-47-24-26-49-28-30-51-32-31-50-29-27-48-25-23-46-21-19-44-17-15-42-13-11-40-9-6-7-37(39)35(5)52-34(3)4/h33-35H,6-32H2,1-5H3. The Morgan fingerprint density at radius 1 is 0.346 bits per heavy atom. The van der Waals surface area contributed by atoms with Crippen LogP contribution in [0.2, 0.25) is 0 Å². The van der Waals surface area contributed by atoms with Crippen LogP contribution >= 0.6 is 11.8 Å². The Hall–Kier alpha value is -0.790. The normalized spacial score (nSPS) is 12.4. The largest absolute Gasteiger partial charge is 0.379 e. The van der Waals surface area contributed by atoms with E-state index in [4.69, 9.17) is 56.8 Å². The molecular formula is C37H72O14S. The predicted octanol–water partition coefficient (Wildman–Crippen LogP) is 3.68. The van der Waals surface area contributed by atoms with Crippen LogP contribution in [0.15, 0.2) is 0 Å². The van der Waals surface area contributed by atoms with E-state index in [1.807, 2.05) is 20.8 Å². The third-order valence-corrected chi connectivity index (χ3v) is 8.09. The molecule has 0 aromatic heterocycles. The summed E-state index contributed by atoms with van der Waals surface area (Å²) in [5.41, 5.74) is 0. The smallest absolute Gasteiger partial charge is 0.145 e. The van der Waals surface area contributed by atoms with E-state index in [0.717, 1.165) is 6.42 Å². The highest BCUT2D eigenvalue weighted by Gasteiger charge is 2.14. The molecule has 0 aliphatic heterocycles. The second-order valence-electron chi connectivity index (χ2n) is 12.1. The van der Waals surface area contributed by atoms with Crippen LogP contribution in [0.3, 0.4) is 0 Å². The van der Waals surface area contributed by atoms with E-state index in [2.05, 4.69) is 13.8 Å². The average Bonchev–Trinajstić information content (AvgIpc) is 3.12. The molecule has 310 valence electrons. The number of rotatable bonds is 44. The monoisotopic (exact) mass is 772 g/mol. The fourth-order valence-corrected chi connectivity index (χ4v) is 5.10. The first-order chi connectivity index (χ1) is 25.3. The van der Waals surface area contributed by atoms with Crippen molar-refractivity contribution in [2.75, 3.05) is 159 Å². The van der Waals surface area contributed by atoms with Gasteiger partial charge in [0.15, 0.2) is 0 Å². The Morgan fingerprint density at radius 2 is 0.596 bits per heavy atom. The van der Waals surface area contributed by atoms with Gasteiger partial charge in [-0.15, -0.1) is 11.8 Å². The summed E-state index contributed by atoms with van der Waals surface area (Å²) < 4.78 is 65.7. The minimum Gasteiger partial charge on any atom is -0.379 e. The second kappa shape index (κ2) is 41.4. The quantitative estimate of drug-likeness (QED) is 0.0830. The van der Waals surface area contributed by atoms with Crippen LogP contribution in [0.4, 0.5) is 0 Å². The molecule has 0 aliphatic carbocycles. The predicted molar refractivity (Wildman–Crippen MR) is 201 cm³/mol. The van der Waals surface area contributed by atoms with Crippen molar-refractivity contribution in [2.45, 2.75) is 64.4 Å². The van der Waals surface area contributed by atoms with Crippen LogP contribution < -0.4 is 0 Å². The first kappa shape index (κ1) is 51.2. The lowest BCUT2D eigenvalue weighted by Gasteiger charge is -2.12. The first-order valence-corrected chi connectivity index (χ1v) is 19.9. The highest BCUT2D eigenvalue weighted by molar-refractivity contribution is 8.01. The van der Waals surface area contributed by atoms with E-state index < -0.39 is 0 Å². The molecule has 0 spiro atoms. The maximum Gasteiger partial charge on any atom is 0.145 e. The van der Waals surface area contributed by atoms with Crippen molar-refractivity contribution in [1.82, 2.24) is 0 Å². The lowest BCUT2D eigenvalue weighted by Crippen LogP contribution is -2.16. The number of thioether (sulfide) groups is 1. The Labute approximate surface area is 318 Å². The summed E-state index contributed by atoms with van der Waals surface area (Å²) in [6.45, 7) is 21.9. The van der Waals surface area contributed by atoms with Crippen LogP contribution in [0, 0.1) is 5.92 Å². The molecule has 52 heavy (non-hydrogen) atoms. The summed E-state index contributed by atoms with van der Waals surface area (Å²) in [5, 5.41) is 0.517. The van der Waals surface area contributed by atoms with Gasteiger partial charge in [-0.05, 0) is 18.6 Å². The van der Waals surface area contributed by atoms with E-state index in [9.17, 15) is 9.59 Å². The Balaban J connectivity index is 3.13. The number of hydrogen-bond donors (Lipinski definition) is 0. The minimum absolute atomic E-state index is 0.0528. The van der Waals surface area contributed by atoms with Gasteiger partial charge in [-0.25, -0.2) is 0 Å². The van der Waals surface area contributed by atoms with Gasteiger partial charge in [-0.3, -0.25) is 9.59 Å². The fourth-order valence-electron chi connectivity index (χ4n) is 4.02. The fraction of sp³-hybridized carbons (Fsp3) is 0.946. The lowest BCUT2D eigenvalue weighted by atomic mass is 10.1. The van der Waals surface area contributed by atoms with Gasteiger partial charge >= 0.3 is 0 Å². The second-order valence-corrected chi connectivity index (χ2v) is 14.0. The summed E-state index contributed by atoms with van der Waals surface area (Å²) in [7, 11) is 0. The molecule has 0 aromatic carbocycles. The van der Waals surface area contributed by atoms with Crippen molar-refractivity contribution in [1.29, 1.82) is 0 Å². The zero-order valence-corrected chi connectivity index (χ0v) is 33.8. The minimum atomic E-state index is 0.0528. The van der Waals surface area contributed by atoms with E-state index in [0.29, 0.717) is 182 Å². The zero-order chi connectivity index (χ0) is 38.2.